The van der Waals surface area contributed by atoms with Gasteiger partial charge in [-0.25, -0.2) is 0 Å². The summed E-state index contributed by atoms with van der Waals surface area (Å²) in [6.07, 6.45) is 6.82. The van der Waals surface area contributed by atoms with E-state index >= 15 is 0 Å². The van der Waals surface area contributed by atoms with E-state index in [1.54, 1.807) is 0 Å². The average Bonchev–Trinajstić information content (AvgIpc) is 2.21. The number of halogens is 1. The molecule has 0 unspecified atom stereocenters. The molecule has 0 saturated heterocycles. The molecule has 1 aromatic carbocycles. The molecule has 0 aliphatic rings. The highest BCUT2D eigenvalue weighted by Crippen LogP contribution is 2.15. The quantitative estimate of drug-likeness (QED) is 0.496. The van der Waals surface area contributed by atoms with E-state index in [1.807, 2.05) is 30.5 Å². The SMILES string of the molecule is CCCCCC=Nc1ccc(Cl)cc1. The Kier molecular flexibility index (Phi) is 5.31. The van der Waals surface area contributed by atoms with Gasteiger partial charge in [0.2, 0.25) is 0 Å². The predicted octanol–water partition coefficient (Wildman–Crippen LogP) is 4.62. The Bertz CT molecular complexity index is 277. The summed E-state index contributed by atoms with van der Waals surface area (Å²) in [6, 6.07) is 7.58. The normalized spacial score (nSPS) is 11.0. The molecule has 1 aromatic rings. The maximum absolute atomic E-state index is 5.76. The minimum absolute atomic E-state index is 0.759. The topological polar surface area (TPSA) is 12.4 Å². The molecule has 1 rings (SSSR count). The molecule has 0 atom stereocenters. The fourth-order valence-electron chi connectivity index (χ4n) is 1.18. The van der Waals surface area contributed by atoms with E-state index in [1.165, 1.54) is 19.3 Å². The van der Waals surface area contributed by atoms with E-state index in [2.05, 4.69) is 11.9 Å². The molecule has 0 heterocycles. The number of hydrogen-bond acceptors (Lipinski definition) is 1. The largest absolute Gasteiger partial charge is 0.261 e. The van der Waals surface area contributed by atoms with Crippen LogP contribution in [0.25, 0.3) is 0 Å². The maximum atomic E-state index is 5.76. The van der Waals surface area contributed by atoms with E-state index in [0.29, 0.717) is 0 Å². The molecule has 0 saturated carbocycles. The van der Waals surface area contributed by atoms with Gasteiger partial charge < -0.3 is 0 Å². The standard InChI is InChI=1S/C12H16ClN/c1-2-3-4-5-10-14-12-8-6-11(13)7-9-12/h6-10H,2-5H2,1H3. The second kappa shape index (κ2) is 6.61. The van der Waals surface area contributed by atoms with Crippen molar-refractivity contribution in [3.05, 3.63) is 29.3 Å². The van der Waals surface area contributed by atoms with Crippen molar-refractivity contribution in [2.45, 2.75) is 32.6 Å². The van der Waals surface area contributed by atoms with Gasteiger partial charge in [0.1, 0.15) is 0 Å². The highest BCUT2D eigenvalue weighted by molar-refractivity contribution is 6.30. The summed E-state index contributed by atoms with van der Waals surface area (Å²) < 4.78 is 0. The van der Waals surface area contributed by atoms with Crippen LogP contribution in [0.1, 0.15) is 32.6 Å². The summed E-state index contributed by atoms with van der Waals surface area (Å²) in [4.78, 5) is 4.34. The summed E-state index contributed by atoms with van der Waals surface area (Å²) in [6.45, 7) is 2.20. The molecule has 0 bridgehead atoms. The second-order valence-electron chi connectivity index (χ2n) is 3.28. The van der Waals surface area contributed by atoms with E-state index < -0.39 is 0 Å². The lowest BCUT2D eigenvalue weighted by atomic mass is 10.2. The monoisotopic (exact) mass is 209 g/mol. The number of benzene rings is 1. The highest BCUT2D eigenvalue weighted by Gasteiger charge is 1.88. The van der Waals surface area contributed by atoms with Gasteiger partial charge >= 0.3 is 0 Å². The van der Waals surface area contributed by atoms with Crippen LogP contribution < -0.4 is 0 Å². The molecule has 0 aliphatic carbocycles. The maximum Gasteiger partial charge on any atom is 0.0626 e. The van der Waals surface area contributed by atoms with Crippen molar-refractivity contribution >= 4 is 23.5 Å². The van der Waals surface area contributed by atoms with E-state index in [9.17, 15) is 0 Å². The van der Waals surface area contributed by atoms with Crippen LogP contribution >= 0.6 is 11.6 Å². The van der Waals surface area contributed by atoms with E-state index in [4.69, 9.17) is 11.6 Å². The molecule has 0 radical (unpaired) electrons. The number of nitrogens with zero attached hydrogens (tertiary/aromatic N) is 1. The van der Waals surface area contributed by atoms with Crippen molar-refractivity contribution in [1.29, 1.82) is 0 Å². The minimum Gasteiger partial charge on any atom is -0.261 e. The van der Waals surface area contributed by atoms with E-state index in [-0.39, 0.29) is 0 Å². The predicted molar refractivity (Wildman–Crippen MR) is 63.7 cm³/mol. The molecular weight excluding hydrogens is 194 g/mol. The summed E-state index contributed by atoms with van der Waals surface area (Å²) in [5.41, 5.74) is 0.978. The molecular formula is C12H16ClN. The lowest BCUT2D eigenvalue weighted by Gasteiger charge is -1.94. The van der Waals surface area contributed by atoms with Gasteiger partial charge in [-0.15, -0.1) is 0 Å². The molecule has 14 heavy (non-hydrogen) atoms. The lowest BCUT2D eigenvalue weighted by molar-refractivity contribution is 0.746. The third-order valence-electron chi connectivity index (χ3n) is 2.00. The molecule has 0 fully saturated rings. The van der Waals surface area contributed by atoms with Crippen LogP contribution in [0.15, 0.2) is 29.3 Å². The first-order valence-electron chi connectivity index (χ1n) is 5.11. The number of hydrogen-bond donors (Lipinski definition) is 0. The molecule has 1 nitrogen and oxygen atoms in total. The third kappa shape index (κ3) is 4.43. The Hall–Kier alpha value is -0.820. The van der Waals surface area contributed by atoms with Crippen molar-refractivity contribution in [3.63, 3.8) is 0 Å². The van der Waals surface area contributed by atoms with Gasteiger partial charge in [-0.2, -0.15) is 0 Å². The first-order valence-corrected chi connectivity index (χ1v) is 5.49. The van der Waals surface area contributed by atoms with Gasteiger partial charge in [0, 0.05) is 11.2 Å². The Morgan fingerprint density at radius 3 is 2.57 bits per heavy atom. The molecule has 0 spiro atoms. The smallest absolute Gasteiger partial charge is 0.0626 e. The van der Waals surface area contributed by atoms with Gasteiger partial charge in [0.15, 0.2) is 0 Å². The Morgan fingerprint density at radius 1 is 1.21 bits per heavy atom. The number of rotatable bonds is 5. The fraction of sp³-hybridized carbons (Fsp3) is 0.417. The lowest BCUT2D eigenvalue weighted by Crippen LogP contribution is -1.76. The van der Waals surface area contributed by atoms with Crippen LogP contribution in [-0.4, -0.2) is 6.21 Å². The molecule has 0 N–H and O–H groups in total. The Morgan fingerprint density at radius 2 is 1.93 bits per heavy atom. The van der Waals surface area contributed by atoms with Crippen molar-refractivity contribution in [3.8, 4) is 0 Å². The zero-order chi connectivity index (χ0) is 10.2. The molecule has 76 valence electrons. The first kappa shape index (κ1) is 11.3. The number of unbranched alkanes of at least 4 members (excludes halogenated alkanes) is 3. The average molecular weight is 210 g/mol. The van der Waals surface area contributed by atoms with Gasteiger partial charge in [-0.3, -0.25) is 4.99 Å². The summed E-state index contributed by atoms with van der Waals surface area (Å²) >= 11 is 5.76. The molecule has 2 heteroatoms. The van der Waals surface area contributed by atoms with Crippen molar-refractivity contribution in [1.82, 2.24) is 0 Å². The van der Waals surface area contributed by atoms with Crippen LogP contribution in [0, 0.1) is 0 Å². The van der Waals surface area contributed by atoms with Crippen LogP contribution in [0.3, 0.4) is 0 Å². The summed E-state index contributed by atoms with van der Waals surface area (Å²) in [5.74, 6) is 0. The van der Waals surface area contributed by atoms with Crippen LogP contribution in [-0.2, 0) is 0 Å². The summed E-state index contributed by atoms with van der Waals surface area (Å²) in [5, 5.41) is 0.759. The van der Waals surface area contributed by atoms with Crippen LogP contribution in [0.5, 0.6) is 0 Å². The van der Waals surface area contributed by atoms with Crippen LogP contribution in [0.2, 0.25) is 5.02 Å². The van der Waals surface area contributed by atoms with Crippen molar-refractivity contribution < 1.29 is 0 Å². The highest BCUT2D eigenvalue weighted by atomic mass is 35.5. The molecule has 0 aromatic heterocycles. The summed E-state index contributed by atoms with van der Waals surface area (Å²) in [7, 11) is 0. The van der Waals surface area contributed by atoms with Gasteiger partial charge in [0.05, 0.1) is 5.69 Å². The number of aliphatic imine (C=N–C) groups is 1. The first-order chi connectivity index (χ1) is 6.83. The fourth-order valence-corrected chi connectivity index (χ4v) is 1.31. The van der Waals surface area contributed by atoms with Crippen molar-refractivity contribution in [2.24, 2.45) is 4.99 Å². The van der Waals surface area contributed by atoms with Crippen molar-refractivity contribution in [2.75, 3.05) is 0 Å². The minimum atomic E-state index is 0.759. The third-order valence-corrected chi connectivity index (χ3v) is 2.26. The van der Waals surface area contributed by atoms with E-state index in [0.717, 1.165) is 17.1 Å². The zero-order valence-corrected chi connectivity index (χ0v) is 9.30. The molecule has 0 aliphatic heterocycles. The Balaban J connectivity index is 2.33. The Labute approximate surface area is 90.8 Å². The molecule has 0 amide bonds. The second-order valence-corrected chi connectivity index (χ2v) is 3.72. The van der Waals surface area contributed by atoms with Crippen LogP contribution in [0.4, 0.5) is 5.69 Å². The van der Waals surface area contributed by atoms with Gasteiger partial charge in [0.25, 0.3) is 0 Å². The zero-order valence-electron chi connectivity index (χ0n) is 8.54. The van der Waals surface area contributed by atoms with Gasteiger partial charge in [-0.1, -0.05) is 31.4 Å². The van der Waals surface area contributed by atoms with Gasteiger partial charge in [-0.05, 0) is 37.1 Å².